The fraction of sp³-hybridized carbons (Fsp3) is 0.667. The summed E-state index contributed by atoms with van der Waals surface area (Å²) in [6.07, 6.45) is 3.14. The minimum Gasteiger partial charge on any atom is -0.465 e. The van der Waals surface area contributed by atoms with Gasteiger partial charge in [0.1, 0.15) is 11.8 Å². The van der Waals surface area contributed by atoms with E-state index in [-0.39, 0.29) is 42.4 Å². The highest BCUT2D eigenvalue weighted by Crippen LogP contribution is 2.60. The lowest BCUT2D eigenvalue weighted by Gasteiger charge is -2.60. The van der Waals surface area contributed by atoms with Gasteiger partial charge in [0.05, 0.1) is 0 Å². The van der Waals surface area contributed by atoms with Gasteiger partial charge in [-0.3, -0.25) is 19.7 Å². The summed E-state index contributed by atoms with van der Waals surface area (Å²) in [4.78, 5) is 48.0. The first-order valence-electron chi connectivity index (χ1n) is 13.3. The predicted molar refractivity (Wildman–Crippen MR) is 128 cm³/mol. The number of benzene rings is 1. The molecule has 2 bridgehead atoms. The predicted octanol–water partition coefficient (Wildman–Crippen LogP) is 2.81. The minimum atomic E-state index is -0.847. The average molecular weight is 515 g/mol. The van der Waals surface area contributed by atoms with Crippen LogP contribution >= 0.6 is 0 Å². The highest BCUT2D eigenvalue weighted by atomic mass is 17.3. The number of piperidine rings is 1. The van der Waals surface area contributed by atoms with E-state index in [9.17, 15) is 14.4 Å². The number of carbonyl (C=O) groups excluding carboxylic acids is 3. The summed E-state index contributed by atoms with van der Waals surface area (Å²) in [5, 5.41) is 4.93. The molecule has 0 aromatic heterocycles. The van der Waals surface area contributed by atoms with Crippen LogP contribution in [0.4, 0.5) is 0 Å². The molecule has 0 unspecified atom stereocenters. The van der Waals surface area contributed by atoms with Gasteiger partial charge in [-0.25, -0.2) is 9.78 Å². The maximum absolute atomic E-state index is 12.6. The second-order valence-electron chi connectivity index (χ2n) is 11.4. The lowest BCUT2D eigenvalue weighted by atomic mass is 9.58. The van der Waals surface area contributed by atoms with Crippen LogP contribution in [0.2, 0.25) is 0 Å². The molecule has 6 aliphatic rings. The van der Waals surface area contributed by atoms with E-state index in [1.165, 1.54) is 0 Å². The number of imide groups is 1. The molecular weight excluding hydrogens is 480 g/mol. The second-order valence-corrected chi connectivity index (χ2v) is 11.4. The molecule has 200 valence electrons. The van der Waals surface area contributed by atoms with Crippen molar-refractivity contribution in [2.45, 2.75) is 89.3 Å². The van der Waals surface area contributed by atoms with Crippen molar-refractivity contribution in [3.05, 3.63) is 29.8 Å². The standard InChI is InChI=1S/C27H34N2O8/c1-14-4-9-19-15(2)24(34-25-27(19)18(14)12-13-26(3,35-25)36-37-27)33-17-7-5-16(6-8-17)22(31)28-20-10-11-21(30)29-23(20)32/h5-8,14-15,18-20,24-25H,4,9-13H2,1-3H3,(H,28,31)(H,29,30,32)/t14-,15-,18+,19+,20+,24+,25-,26-,27-/m1/s1. The van der Waals surface area contributed by atoms with Gasteiger partial charge >= 0.3 is 0 Å². The van der Waals surface area contributed by atoms with Gasteiger partial charge < -0.3 is 19.5 Å². The molecule has 5 aliphatic heterocycles. The fourth-order valence-corrected chi connectivity index (χ4v) is 6.90. The zero-order valence-corrected chi connectivity index (χ0v) is 21.4. The van der Waals surface area contributed by atoms with Crippen LogP contribution in [0.5, 0.6) is 5.75 Å². The SMILES string of the molecule is C[C@H]1[C@@H](Oc2ccc(C(=O)N[C@H]3CCC(=O)NC3=O)cc2)O[C@@H]2O[C@@]3(C)CC[C@H]4[C@H](C)CC[C@@H]1[C@@]24OO3. The lowest BCUT2D eigenvalue weighted by molar-refractivity contribution is -0.575. The normalized spacial score (nSPS) is 42.8. The van der Waals surface area contributed by atoms with Crippen LogP contribution < -0.4 is 15.4 Å². The van der Waals surface area contributed by atoms with Gasteiger partial charge in [0.2, 0.25) is 23.9 Å². The molecule has 1 aromatic carbocycles. The molecule has 10 heteroatoms. The van der Waals surface area contributed by atoms with Gasteiger partial charge in [-0.1, -0.05) is 13.8 Å². The summed E-state index contributed by atoms with van der Waals surface area (Å²) in [7, 11) is 0. The topological polar surface area (TPSA) is 121 Å². The molecule has 2 N–H and O–H groups in total. The van der Waals surface area contributed by atoms with Crippen LogP contribution in [-0.4, -0.2) is 47.7 Å². The van der Waals surface area contributed by atoms with E-state index in [2.05, 4.69) is 24.5 Å². The summed E-state index contributed by atoms with van der Waals surface area (Å²) in [5.74, 6) is -0.535. The zero-order valence-electron chi connectivity index (χ0n) is 21.4. The third kappa shape index (κ3) is 4.14. The monoisotopic (exact) mass is 514 g/mol. The third-order valence-corrected chi connectivity index (χ3v) is 9.01. The highest BCUT2D eigenvalue weighted by Gasteiger charge is 2.69. The molecule has 37 heavy (non-hydrogen) atoms. The number of hydrogen-bond acceptors (Lipinski definition) is 8. The van der Waals surface area contributed by atoms with Crippen molar-refractivity contribution in [1.29, 1.82) is 0 Å². The van der Waals surface area contributed by atoms with Gasteiger partial charge in [0.15, 0.2) is 11.9 Å². The molecule has 1 aliphatic carbocycles. The third-order valence-electron chi connectivity index (χ3n) is 9.01. The average Bonchev–Trinajstić information content (AvgIpc) is 3.10. The molecule has 1 saturated carbocycles. The Morgan fingerprint density at radius 3 is 2.59 bits per heavy atom. The van der Waals surface area contributed by atoms with Crippen LogP contribution in [0, 0.1) is 23.7 Å². The van der Waals surface area contributed by atoms with E-state index < -0.39 is 35.9 Å². The van der Waals surface area contributed by atoms with E-state index >= 15 is 0 Å². The van der Waals surface area contributed by atoms with Crippen LogP contribution in [0.3, 0.4) is 0 Å². The number of carbonyl (C=O) groups is 3. The number of ether oxygens (including phenoxy) is 3. The first-order chi connectivity index (χ1) is 17.7. The van der Waals surface area contributed by atoms with Crippen molar-refractivity contribution < 1.29 is 38.4 Å². The van der Waals surface area contributed by atoms with E-state index in [1.54, 1.807) is 24.3 Å². The molecule has 7 rings (SSSR count). The molecular formula is C27H34N2O8. The Morgan fingerprint density at radius 2 is 1.84 bits per heavy atom. The Bertz CT molecular complexity index is 1090. The molecule has 1 spiro atoms. The van der Waals surface area contributed by atoms with Crippen LogP contribution in [0.25, 0.3) is 0 Å². The van der Waals surface area contributed by atoms with E-state index in [0.717, 1.165) is 25.7 Å². The summed E-state index contributed by atoms with van der Waals surface area (Å²) >= 11 is 0. The van der Waals surface area contributed by atoms with Crippen molar-refractivity contribution >= 4 is 17.7 Å². The van der Waals surface area contributed by atoms with Crippen LogP contribution in [0.15, 0.2) is 24.3 Å². The first kappa shape index (κ1) is 24.8. The van der Waals surface area contributed by atoms with Gasteiger partial charge in [0.25, 0.3) is 5.91 Å². The molecule has 10 nitrogen and oxygen atoms in total. The molecule has 3 amide bonds. The van der Waals surface area contributed by atoms with E-state index in [0.29, 0.717) is 17.2 Å². The van der Waals surface area contributed by atoms with Crippen molar-refractivity contribution in [2.75, 3.05) is 0 Å². The number of hydrogen-bond donors (Lipinski definition) is 2. The van der Waals surface area contributed by atoms with Crippen molar-refractivity contribution in [1.82, 2.24) is 10.6 Å². The Hall–Kier alpha value is -2.53. The Balaban J connectivity index is 1.16. The number of rotatable bonds is 4. The fourth-order valence-electron chi connectivity index (χ4n) is 6.90. The molecule has 0 radical (unpaired) electrons. The van der Waals surface area contributed by atoms with Crippen LogP contribution in [0.1, 0.15) is 69.7 Å². The minimum absolute atomic E-state index is 0.0244. The van der Waals surface area contributed by atoms with Crippen molar-refractivity contribution in [2.24, 2.45) is 23.7 Å². The number of nitrogens with one attached hydrogen (secondary N) is 2. The Morgan fingerprint density at radius 1 is 1.05 bits per heavy atom. The van der Waals surface area contributed by atoms with E-state index in [1.807, 2.05) is 6.92 Å². The summed E-state index contributed by atoms with van der Waals surface area (Å²) in [5.41, 5.74) is -0.258. The molecule has 5 saturated heterocycles. The van der Waals surface area contributed by atoms with E-state index in [4.69, 9.17) is 24.0 Å². The zero-order chi connectivity index (χ0) is 25.9. The highest BCUT2D eigenvalue weighted by molar-refractivity contribution is 6.03. The molecule has 1 aromatic rings. The number of fused-ring (bicyclic) bond motifs is 2. The van der Waals surface area contributed by atoms with Crippen molar-refractivity contribution in [3.8, 4) is 5.75 Å². The maximum Gasteiger partial charge on any atom is 0.251 e. The van der Waals surface area contributed by atoms with Crippen LogP contribution in [-0.2, 0) is 28.8 Å². The number of amides is 3. The summed E-state index contributed by atoms with van der Waals surface area (Å²) < 4.78 is 19.1. The van der Waals surface area contributed by atoms with Gasteiger partial charge in [-0.2, -0.15) is 0 Å². The van der Waals surface area contributed by atoms with Crippen molar-refractivity contribution in [3.63, 3.8) is 0 Å². The smallest absolute Gasteiger partial charge is 0.251 e. The second kappa shape index (κ2) is 9.04. The maximum atomic E-state index is 12.6. The summed E-state index contributed by atoms with van der Waals surface area (Å²) in [6, 6.07) is 5.99. The lowest BCUT2D eigenvalue weighted by Crippen LogP contribution is -2.70. The first-order valence-corrected chi connectivity index (χ1v) is 13.3. The quantitative estimate of drug-likeness (QED) is 0.465. The molecule has 9 atom stereocenters. The van der Waals surface area contributed by atoms with Gasteiger partial charge in [-0.15, -0.1) is 0 Å². The Kier molecular flexibility index (Phi) is 6.06. The Labute approximate surface area is 215 Å². The van der Waals surface area contributed by atoms with Gasteiger partial charge in [0, 0.05) is 30.2 Å². The largest absolute Gasteiger partial charge is 0.465 e. The molecule has 6 fully saturated rings. The summed E-state index contributed by atoms with van der Waals surface area (Å²) in [6.45, 7) is 6.30. The molecule has 5 heterocycles. The van der Waals surface area contributed by atoms with Gasteiger partial charge in [-0.05, 0) is 68.7 Å².